The van der Waals surface area contributed by atoms with Crippen molar-refractivity contribution in [1.29, 1.82) is 0 Å². The molecule has 2 amide bonds. The Balaban J connectivity index is 2.04. The molecule has 2 rings (SSSR count). The van der Waals surface area contributed by atoms with Gasteiger partial charge in [-0.3, -0.25) is 9.59 Å². The molecule has 5 heteroatoms. The molecular weight excluding hydrogens is 260 g/mol. The molecule has 0 spiro atoms. The van der Waals surface area contributed by atoms with Crippen LogP contribution in [0, 0.1) is 6.92 Å². The van der Waals surface area contributed by atoms with Gasteiger partial charge in [0, 0.05) is 11.4 Å². The highest BCUT2D eigenvalue weighted by atomic mass is 32.1. The van der Waals surface area contributed by atoms with E-state index in [0.29, 0.717) is 11.4 Å². The van der Waals surface area contributed by atoms with Gasteiger partial charge >= 0.3 is 0 Å². The lowest BCUT2D eigenvalue weighted by atomic mass is 10.1. The predicted molar refractivity (Wildman–Crippen MR) is 76.5 cm³/mol. The summed E-state index contributed by atoms with van der Waals surface area (Å²) >= 11 is 1.50. The highest BCUT2D eigenvalue weighted by molar-refractivity contribution is 7.14. The second-order valence-electron chi connectivity index (χ2n) is 4.86. The quantitative estimate of drug-likeness (QED) is 0.890. The van der Waals surface area contributed by atoms with Crippen LogP contribution in [-0.2, 0) is 11.2 Å². The average Bonchev–Trinajstić information content (AvgIpc) is 2.66. The van der Waals surface area contributed by atoms with E-state index in [-0.39, 0.29) is 17.9 Å². The van der Waals surface area contributed by atoms with Gasteiger partial charge in [0.05, 0.1) is 4.88 Å². The van der Waals surface area contributed by atoms with Crippen LogP contribution in [0.1, 0.15) is 46.3 Å². The Morgan fingerprint density at radius 3 is 3.00 bits per heavy atom. The molecular formula is C14H20N2O2S. The summed E-state index contributed by atoms with van der Waals surface area (Å²) in [5.74, 6) is -0.190. The minimum atomic E-state index is -0.387. The molecule has 0 aromatic carbocycles. The zero-order valence-corrected chi connectivity index (χ0v) is 12.2. The summed E-state index contributed by atoms with van der Waals surface area (Å²) in [6.07, 6.45) is 3.60. The van der Waals surface area contributed by atoms with Crippen molar-refractivity contribution < 1.29 is 9.59 Å². The Bertz CT molecular complexity index is 482. The first kappa shape index (κ1) is 14.1. The molecule has 1 unspecified atom stereocenters. The lowest BCUT2D eigenvalue weighted by molar-refractivity contribution is -0.122. The molecule has 2 N–H and O–H groups in total. The molecule has 0 saturated carbocycles. The molecule has 1 fully saturated rings. The summed E-state index contributed by atoms with van der Waals surface area (Å²) in [6, 6.07) is 1.55. The van der Waals surface area contributed by atoms with Gasteiger partial charge in [-0.25, -0.2) is 0 Å². The average molecular weight is 280 g/mol. The van der Waals surface area contributed by atoms with Gasteiger partial charge in [0.15, 0.2) is 0 Å². The van der Waals surface area contributed by atoms with Crippen LogP contribution in [0.15, 0.2) is 6.07 Å². The SMILES string of the molecule is CCc1cc(C(=O)NC2CCCCNC2=O)sc1C. The third-order valence-electron chi connectivity index (χ3n) is 3.47. The molecule has 0 radical (unpaired) electrons. The number of hydrogen-bond acceptors (Lipinski definition) is 3. The summed E-state index contributed by atoms with van der Waals surface area (Å²) in [6.45, 7) is 4.82. The predicted octanol–water partition coefficient (Wildman–Crippen LogP) is 2.02. The lowest BCUT2D eigenvalue weighted by Crippen LogP contribution is -2.45. The third-order valence-corrected chi connectivity index (χ3v) is 4.56. The van der Waals surface area contributed by atoms with Crippen LogP contribution in [0.2, 0.25) is 0 Å². The normalized spacial score (nSPS) is 19.7. The second kappa shape index (κ2) is 6.19. The lowest BCUT2D eigenvalue weighted by Gasteiger charge is -2.14. The highest BCUT2D eigenvalue weighted by Gasteiger charge is 2.23. The first-order valence-electron chi connectivity index (χ1n) is 6.79. The molecule has 0 bridgehead atoms. The molecule has 0 aliphatic carbocycles. The van der Waals surface area contributed by atoms with Crippen LogP contribution in [0.25, 0.3) is 0 Å². The number of carbonyl (C=O) groups is 2. The van der Waals surface area contributed by atoms with Crippen LogP contribution in [0.3, 0.4) is 0 Å². The largest absolute Gasteiger partial charge is 0.354 e. The molecule has 1 aromatic heterocycles. The first-order valence-corrected chi connectivity index (χ1v) is 7.61. The van der Waals surface area contributed by atoms with Crippen molar-refractivity contribution >= 4 is 23.2 Å². The maximum Gasteiger partial charge on any atom is 0.262 e. The molecule has 1 aliphatic heterocycles. The summed E-state index contributed by atoms with van der Waals surface area (Å²) < 4.78 is 0. The smallest absolute Gasteiger partial charge is 0.262 e. The van der Waals surface area contributed by atoms with Gasteiger partial charge in [0.2, 0.25) is 5.91 Å². The van der Waals surface area contributed by atoms with E-state index in [4.69, 9.17) is 0 Å². The first-order chi connectivity index (χ1) is 9.11. The number of amides is 2. The van der Waals surface area contributed by atoms with Crippen LogP contribution in [0.4, 0.5) is 0 Å². The molecule has 1 aromatic rings. The standard InChI is InChI=1S/C14H20N2O2S/c1-3-10-8-12(19-9(10)2)14(18)16-11-6-4-5-7-15-13(11)17/h8,11H,3-7H2,1-2H3,(H,15,17)(H,16,18). The minimum absolute atomic E-state index is 0.0603. The number of thiophene rings is 1. The monoisotopic (exact) mass is 280 g/mol. The molecule has 2 heterocycles. The van der Waals surface area contributed by atoms with E-state index in [1.54, 1.807) is 0 Å². The van der Waals surface area contributed by atoms with Gasteiger partial charge in [-0.15, -0.1) is 11.3 Å². The molecule has 1 aliphatic rings. The number of aryl methyl sites for hydroxylation is 2. The highest BCUT2D eigenvalue weighted by Crippen LogP contribution is 2.22. The van der Waals surface area contributed by atoms with Crippen LogP contribution >= 0.6 is 11.3 Å². The summed E-state index contributed by atoms with van der Waals surface area (Å²) in [4.78, 5) is 25.8. The summed E-state index contributed by atoms with van der Waals surface area (Å²) in [5, 5.41) is 5.68. The van der Waals surface area contributed by atoms with Gasteiger partial charge in [-0.1, -0.05) is 6.92 Å². The molecule has 1 atom stereocenters. The minimum Gasteiger partial charge on any atom is -0.354 e. The van der Waals surface area contributed by atoms with Gasteiger partial charge in [-0.05, 0) is 44.2 Å². The van der Waals surface area contributed by atoms with Crippen molar-refractivity contribution in [3.63, 3.8) is 0 Å². The van der Waals surface area contributed by atoms with Crippen molar-refractivity contribution in [2.75, 3.05) is 6.54 Å². The van der Waals surface area contributed by atoms with E-state index < -0.39 is 0 Å². The van der Waals surface area contributed by atoms with Crippen molar-refractivity contribution in [3.05, 3.63) is 21.4 Å². The fourth-order valence-electron chi connectivity index (χ4n) is 2.29. The van der Waals surface area contributed by atoms with Crippen LogP contribution in [0.5, 0.6) is 0 Å². The van der Waals surface area contributed by atoms with E-state index in [0.717, 1.165) is 25.7 Å². The van der Waals surface area contributed by atoms with E-state index in [2.05, 4.69) is 17.6 Å². The number of nitrogens with one attached hydrogen (secondary N) is 2. The number of carbonyl (C=O) groups excluding carboxylic acids is 2. The van der Waals surface area contributed by atoms with Gasteiger partial charge in [0.25, 0.3) is 5.91 Å². The fourth-order valence-corrected chi connectivity index (χ4v) is 3.31. The van der Waals surface area contributed by atoms with Gasteiger partial charge < -0.3 is 10.6 Å². The molecule has 1 saturated heterocycles. The number of rotatable bonds is 3. The van der Waals surface area contributed by atoms with Crippen molar-refractivity contribution in [2.24, 2.45) is 0 Å². The summed E-state index contributed by atoms with van der Waals surface area (Å²) in [5.41, 5.74) is 1.21. The Morgan fingerprint density at radius 2 is 2.32 bits per heavy atom. The Kier molecular flexibility index (Phi) is 4.58. The topological polar surface area (TPSA) is 58.2 Å². The Hall–Kier alpha value is -1.36. The van der Waals surface area contributed by atoms with E-state index in [1.165, 1.54) is 21.8 Å². The van der Waals surface area contributed by atoms with E-state index in [1.807, 2.05) is 13.0 Å². The fraction of sp³-hybridized carbons (Fsp3) is 0.571. The number of hydrogen-bond donors (Lipinski definition) is 2. The van der Waals surface area contributed by atoms with Crippen molar-refractivity contribution in [1.82, 2.24) is 10.6 Å². The van der Waals surface area contributed by atoms with E-state index in [9.17, 15) is 9.59 Å². The van der Waals surface area contributed by atoms with Crippen LogP contribution < -0.4 is 10.6 Å². The zero-order chi connectivity index (χ0) is 13.8. The molecule has 104 valence electrons. The van der Waals surface area contributed by atoms with E-state index >= 15 is 0 Å². The van der Waals surface area contributed by atoms with Crippen molar-refractivity contribution in [2.45, 2.75) is 45.6 Å². The maximum atomic E-state index is 12.2. The maximum absolute atomic E-state index is 12.2. The van der Waals surface area contributed by atoms with Crippen LogP contribution in [-0.4, -0.2) is 24.4 Å². The zero-order valence-electron chi connectivity index (χ0n) is 11.4. The second-order valence-corrected chi connectivity index (χ2v) is 6.11. The van der Waals surface area contributed by atoms with Crippen molar-refractivity contribution in [3.8, 4) is 0 Å². The molecule has 4 nitrogen and oxygen atoms in total. The molecule has 19 heavy (non-hydrogen) atoms. The Morgan fingerprint density at radius 1 is 1.53 bits per heavy atom. The van der Waals surface area contributed by atoms with Gasteiger partial charge in [-0.2, -0.15) is 0 Å². The third kappa shape index (κ3) is 3.35. The van der Waals surface area contributed by atoms with Gasteiger partial charge in [0.1, 0.15) is 6.04 Å². The summed E-state index contributed by atoms with van der Waals surface area (Å²) in [7, 11) is 0. The Labute approximate surface area is 117 Å².